The fourth-order valence-corrected chi connectivity index (χ4v) is 3.48. The van der Waals surface area contributed by atoms with Crippen molar-refractivity contribution in [2.75, 3.05) is 13.1 Å². The van der Waals surface area contributed by atoms with Crippen molar-refractivity contribution in [3.8, 4) is 0 Å². The van der Waals surface area contributed by atoms with Crippen LogP contribution in [0.1, 0.15) is 41.5 Å². The Labute approximate surface area is 88.4 Å². The van der Waals surface area contributed by atoms with E-state index in [2.05, 4.69) is 50.9 Å². The zero-order valence-corrected chi connectivity index (χ0v) is 11.1. The van der Waals surface area contributed by atoms with Gasteiger partial charge in [0.05, 0.1) is 24.2 Å². The van der Waals surface area contributed by atoms with Crippen LogP contribution in [0.2, 0.25) is 0 Å². The van der Waals surface area contributed by atoms with E-state index in [0.717, 1.165) is 13.1 Å². The third-order valence-electron chi connectivity index (χ3n) is 2.49. The maximum atomic E-state index is 12.2. The quantitative estimate of drug-likeness (QED) is 0.583. The topological polar surface area (TPSA) is 23.6 Å². The molecular formula is C10H22N2OP+. The highest BCUT2D eigenvalue weighted by Crippen LogP contribution is 2.46. The predicted octanol–water partition coefficient (Wildman–Crippen LogP) is 2.86. The summed E-state index contributed by atoms with van der Waals surface area (Å²) >= 11 is 0. The molecule has 0 spiro atoms. The van der Waals surface area contributed by atoms with E-state index < -0.39 is 8.10 Å². The van der Waals surface area contributed by atoms with Gasteiger partial charge in [-0.2, -0.15) is 0 Å². The Kier molecular flexibility index (Phi) is 3.07. The summed E-state index contributed by atoms with van der Waals surface area (Å²) in [6.45, 7) is 14.5. The first-order valence-electron chi connectivity index (χ1n) is 5.16. The van der Waals surface area contributed by atoms with Crippen LogP contribution in [0.5, 0.6) is 0 Å². The lowest BCUT2D eigenvalue weighted by molar-refractivity contribution is 0.271. The van der Waals surface area contributed by atoms with Gasteiger partial charge < -0.3 is 0 Å². The van der Waals surface area contributed by atoms with Gasteiger partial charge in [0, 0.05) is 0 Å². The van der Waals surface area contributed by atoms with Crippen LogP contribution in [0.25, 0.3) is 0 Å². The molecule has 0 amide bonds. The maximum absolute atomic E-state index is 12.2. The Morgan fingerprint density at radius 2 is 1.14 bits per heavy atom. The van der Waals surface area contributed by atoms with Crippen LogP contribution in [0.15, 0.2) is 0 Å². The first kappa shape index (κ1) is 12.1. The number of hydrogen-bond acceptors (Lipinski definition) is 1. The van der Waals surface area contributed by atoms with Crippen molar-refractivity contribution in [2.24, 2.45) is 0 Å². The second kappa shape index (κ2) is 3.55. The molecule has 1 saturated heterocycles. The summed E-state index contributed by atoms with van der Waals surface area (Å²) in [4.78, 5) is 0. The average molecular weight is 217 g/mol. The molecule has 0 aliphatic carbocycles. The fourth-order valence-electron chi connectivity index (χ4n) is 1.67. The summed E-state index contributed by atoms with van der Waals surface area (Å²) < 4.78 is 16.4. The molecule has 0 unspecified atom stereocenters. The number of hydrogen-bond donors (Lipinski definition) is 0. The van der Waals surface area contributed by atoms with Crippen LogP contribution in [0, 0.1) is 0 Å². The first-order valence-corrected chi connectivity index (χ1v) is 6.33. The van der Waals surface area contributed by atoms with E-state index in [1.807, 2.05) is 0 Å². The van der Waals surface area contributed by atoms with E-state index in [1.54, 1.807) is 0 Å². The van der Waals surface area contributed by atoms with Crippen molar-refractivity contribution in [1.82, 2.24) is 9.34 Å². The Morgan fingerprint density at radius 1 is 0.857 bits per heavy atom. The Hall–Kier alpha value is 0.0200. The molecule has 0 aromatic rings. The molecule has 4 heteroatoms. The third kappa shape index (κ3) is 2.33. The van der Waals surface area contributed by atoms with Crippen molar-refractivity contribution in [3.63, 3.8) is 0 Å². The van der Waals surface area contributed by atoms with Gasteiger partial charge in [-0.3, -0.25) is 0 Å². The van der Waals surface area contributed by atoms with E-state index in [4.69, 9.17) is 0 Å². The minimum atomic E-state index is -1.35. The minimum Gasteiger partial charge on any atom is -0.0723 e. The summed E-state index contributed by atoms with van der Waals surface area (Å²) in [5.41, 5.74) is 0.0148. The molecule has 0 radical (unpaired) electrons. The van der Waals surface area contributed by atoms with E-state index in [9.17, 15) is 4.57 Å². The van der Waals surface area contributed by atoms with Gasteiger partial charge in [0.15, 0.2) is 0 Å². The Bertz CT molecular complexity index is 215. The molecule has 1 heterocycles. The molecule has 0 aromatic heterocycles. The first-order chi connectivity index (χ1) is 6.14. The molecule has 1 rings (SSSR count). The highest BCUT2D eigenvalue weighted by molar-refractivity contribution is 7.39. The van der Waals surface area contributed by atoms with Gasteiger partial charge in [-0.05, 0) is 46.1 Å². The summed E-state index contributed by atoms with van der Waals surface area (Å²) in [7, 11) is -1.35. The van der Waals surface area contributed by atoms with Gasteiger partial charge in [0.25, 0.3) is 0 Å². The fraction of sp³-hybridized carbons (Fsp3) is 1.00. The van der Waals surface area contributed by atoms with E-state index in [1.165, 1.54) is 0 Å². The second-order valence-corrected chi connectivity index (χ2v) is 7.31. The standard InChI is InChI=1S/C10H22N2OP/c1-9(2,3)11-7-8-12(14(11)13)10(4,5)6/h7-8H2,1-6H3/q+1. The molecule has 0 atom stereocenters. The summed E-state index contributed by atoms with van der Waals surface area (Å²) in [6, 6.07) is 0. The monoisotopic (exact) mass is 217 g/mol. The smallest absolute Gasteiger partial charge is 0.0723 e. The highest BCUT2D eigenvalue weighted by Gasteiger charge is 2.52. The van der Waals surface area contributed by atoms with Crippen LogP contribution >= 0.6 is 8.10 Å². The van der Waals surface area contributed by atoms with Gasteiger partial charge in [-0.25, -0.2) is 0 Å². The van der Waals surface area contributed by atoms with Crippen LogP contribution in [-0.2, 0) is 4.57 Å². The zero-order valence-electron chi connectivity index (χ0n) is 10.2. The number of rotatable bonds is 0. The average Bonchev–Trinajstić information content (AvgIpc) is 2.26. The van der Waals surface area contributed by atoms with Crippen molar-refractivity contribution in [2.45, 2.75) is 52.6 Å². The summed E-state index contributed by atoms with van der Waals surface area (Å²) in [5, 5.41) is 0. The van der Waals surface area contributed by atoms with Gasteiger partial charge in [-0.15, -0.1) is 0 Å². The van der Waals surface area contributed by atoms with Crippen molar-refractivity contribution < 1.29 is 4.57 Å². The second-order valence-electron chi connectivity index (χ2n) is 5.84. The highest BCUT2D eigenvalue weighted by atomic mass is 31.1. The normalized spacial score (nSPS) is 22.0. The molecule has 0 aromatic carbocycles. The van der Waals surface area contributed by atoms with Crippen LogP contribution in [0.3, 0.4) is 0 Å². The van der Waals surface area contributed by atoms with Crippen LogP contribution < -0.4 is 0 Å². The number of nitrogens with zero attached hydrogens (tertiary/aromatic N) is 2. The molecule has 1 fully saturated rings. The molecular weight excluding hydrogens is 195 g/mol. The molecule has 0 saturated carbocycles. The predicted molar refractivity (Wildman–Crippen MR) is 60.5 cm³/mol. The zero-order chi connectivity index (χ0) is 11.1. The van der Waals surface area contributed by atoms with Crippen molar-refractivity contribution >= 4 is 8.10 Å². The van der Waals surface area contributed by atoms with E-state index >= 15 is 0 Å². The lowest BCUT2D eigenvalue weighted by Gasteiger charge is -2.24. The van der Waals surface area contributed by atoms with Crippen molar-refractivity contribution in [1.29, 1.82) is 0 Å². The lowest BCUT2D eigenvalue weighted by atomic mass is 10.1. The Balaban J connectivity index is 2.80. The molecule has 0 N–H and O–H groups in total. The van der Waals surface area contributed by atoms with Gasteiger partial charge in [0.1, 0.15) is 0 Å². The molecule has 82 valence electrons. The molecule has 3 nitrogen and oxygen atoms in total. The molecule has 14 heavy (non-hydrogen) atoms. The van der Waals surface area contributed by atoms with Gasteiger partial charge in [-0.1, -0.05) is 9.34 Å². The Morgan fingerprint density at radius 3 is 1.29 bits per heavy atom. The van der Waals surface area contributed by atoms with E-state index in [0.29, 0.717) is 0 Å². The van der Waals surface area contributed by atoms with Crippen LogP contribution in [0.4, 0.5) is 0 Å². The SMILES string of the molecule is CC(C)(C)N1CCN(C(C)(C)C)[P+]1=O. The summed E-state index contributed by atoms with van der Waals surface area (Å²) in [5.74, 6) is 0. The van der Waals surface area contributed by atoms with E-state index in [-0.39, 0.29) is 11.1 Å². The largest absolute Gasteiger partial charge is 0.538 e. The maximum Gasteiger partial charge on any atom is 0.538 e. The minimum absolute atomic E-state index is 0.00739. The van der Waals surface area contributed by atoms with Gasteiger partial charge in [0.2, 0.25) is 0 Å². The molecule has 0 bridgehead atoms. The van der Waals surface area contributed by atoms with Gasteiger partial charge >= 0.3 is 8.10 Å². The van der Waals surface area contributed by atoms with Crippen molar-refractivity contribution in [3.05, 3.63) is 0 Å². The molecule has 1 aliphatic rings. The third-order valence-corrected chi connectivity index (χ3v) is 4.91. The molecule has 1 aliphatic heterocycles. The summed E-state index contributed by atoms with van der Waals surface area (Å²) in [6.07, 6.45) is 0. The lowest BCUT2D eigenvalue weighted by Crippen LogP contribution is -2.35. The van der Waals surface area contributed by atoms with Crippen LogP contribution in [-0.4, -0.2) is 33.5 Å².